The smallest absolute Gasteiger partial charge is 0.130 e. The molecule has 0 aliphatic carbocycles. The predicted octanol–water partition coefficient (Wildman–Crippen LogP) is -1.18. The third-order valence-corrected chi connectivity index (χ3v) is 2.82. The molecule has 0 unspecified atom stereocenters. The first kappa shape index (κ1) is 14.6. The summed E-state index contributed by atoms with van der Waals surface area (Å²) >= 11 is 0. The average molecular weight is 274 g/mol. The van der Waals surface area contributed by atoms with Gasteiger partial charge in [0.05, 0.1) is 21.1 Å². The monoisotopic (exact) mass is 273 g/mol. The van der Waals surface area contributed by atoms with Gasteiger partial charge in [0.25, 0.3) is 0 Å². The van der Waals surface area contributed by atoms with Crippen molar-refractivity contribution in [3.05, 3.63) is 35.9 Å². The summed E-state index contributed by atoms with van der Waals surface area (Å²) in [5.41, 5.74) is 0.994. The fourth-order valence-corrected chi connectivity index (χ4v) is 1.35. The molecule has 0 fully saturated rings. The third-order valence-electron chi connectivity index (χ3n) is 2.82. The molecule has 0 aromatic heterocycles. The summed E-state index contributed by atoms with van der Waals surface area (Å²) in [6, 6.07) is 10.0. The molecule has 0 aliphatic heterocycles. The van der Waals surface area contributed by atoms with Crippen LogP contribution in [0.15, 0.2) is 30.3 Å². The third kappa shape index (κ3) is 3.93. The number of nitrogens with zero attached hydrogens (tertiary/aromatic N) is 1. The minimum absolute atomic E-state index is 0. The van der Waals surface area contributed by atoms with E-state index in [1.807, 2.05) is 30.3 Å². The van der Waals surface area contributed by atoms with E-state index in [9.17, 15) is 5.11 Å². The van der Waals surface area contributed by atoms with Crippen molar-refractivity contribution in [3.63, 3.8) is 0 Å². The molecule has 1 aromatic carbocycles. The molecule has 0 aliphatic rings. The lowest BCUT2D eigenvalue weighted by Crippen LogP contribution is -3.00. The van der Waals surface area contributed by atoms with Crippen LogP contribution in [0.4, 0.5) is 0 Å². The molecule has 2 atom stereocenters. The van der Waals surface area contributed by atoms with Crippen molar-refractivity contribution in [2.45, 2.75) is 19.1 Å². The van der Waals surface area contributed by atoms with E-state index in [4.69, 9.17) is 0 Å². The molecule has 0 saturated heterocycles. The lowest BCUT2D eigenvalue weighted by molar-refractivity contribution is -0.898. The van der Waals surface area contributed by atoms with Gasteiger partial charge in [0.1, 0.15) is 12.1 Å². The van der Waals surface area contributed by atoms with Gasteiger partial charge in [-0.1, -0.05) is 30.3 Å². The van der Waals surface area contributed by atoms with Crippen LogP contribution in [0.5, 0.6) is 0 Å². The van der Waals surface area contributed by atoms with Crippen LogP contribution in [0, 0.1) is 0 Å². The Kier molecular flexibility index (Phi) is 5.49. The highest BCUT2D eigenvalue weighted by Crippen LogP contribution is 2.21. The number of hydrogen-bond acceptors (Lipinski definition) is 1. The number of rotatable bonds is 3. The first-order valence-electron chi connectivity index (χ1n) is 4.97. The highest BCUT2D eigenvalue weighted by atomic mass is 79.9. The van der Waals surface area contributed by atoms with Crippen LogP contribution >= 0.6 is 0 Å². The van der Waals surface area contributed by atoms with Gasteiger partial charge in [-0.2, -0.15) is 0 Å². The number of aliphatic hydroxyl groups excluding tert-OH is 1. The first-order valence-corrected chi connectivity index (χ1v) is 4.97. The maximum absolute atomic E-state index is 10.1. The number of halogens is 1. The van der Waals surface area contributed by atoms with Gasteiger partial charge in [-0.25, -0.2) is 0 Å². The van der Waals surface area contributed by atoms with E-state index in [1.165, 1.54) is 0 Å². The summed E-state index contributed by atoms with van der Waals surface area (Å²) < 4.78 is 0.760. The van der Waals surface area contributed by atoms with Gasteiger partial charge < -0.3 is 26.6 Å². The van der Waals surface area contributed by atoms with Crippen molar-refractivity contribution >= 4 is 0 Å². The fraction of sp³-hybridized carbons (Fsp3) is 0.500. The summed E-state index contributed by atoms with van der Waals surface area (Å²) in [5.74, 6) is 0. The molecule has 1 N–H and O–H groups in total. The second-order valence-corrected chi connectivity index (χ2v) is 4.71. The van der Waals surface area contributed by atoms with Crippen LogP contribution in [-0.4, -0.2) is 36.8 Å². The van der Waals surface area contributed by atoms with E-state index in [1.54, 1.807) is 0 Å². The molecule has 0 radical (unpaired) electrons. The number of likely N-dealkylation sites (N-methyl/N-ethyl adjacent to an activating group) is 1. The molecule has 86 valence electrons. The highest BCUT2D eigenvalue weighted by Gasteiger charge is 2.27. The number of aliphatic hydroxyl groups is 1. The first-order chi connectivity index (χ1) is 6.43. The summed E-state index contributed by atoms with van der Waals surface area (Å²) in [6.45, 7) is 2.07. The lowest BCUT2D eigenvalue weighted by atomic mass is 10.0. The Morgan fingerprint density at radius 1 is 1.07 bits per heavy atom. The van der Waals surface area contributed by atoms with Gasteiger partial charge in [0, 0.05) is 0 Å². The second-order valence-electron chi connectivity index (χ2n) is 4.71. The molecular weight excluding hydrogens is 254 g/mol. The van der Waals surface area contributed by atoms with Gasteiger partial charge in [-0.15, -0.1) is 0 Å². The van der Waals surface area contributed by atoms with Gasteiger partial charge in [-0.3, -0.25) is 0 Å². The Hall–Kier alpha value is -0.380. The van der Waals surface area contributed by atoms with E-state index in [-0.39, 0.29) is 23.0 Å². The normalized spacial score (nSPS) is 15.3. The van der Waals surface area contributed by atoms with Crippen LogP contribution in [0.25, 0.3) is 0 Å². The Bertz CT molecular complexity index is 281. The molecule has 0 amide bonds. The zero-order chi connectivity index (χ0) is 10.8. The van der Waals surface area contributed by atoms with Crippen molar-refractivity contribution in [1.82, 2.24) is 0 Å². The molecule has 0 saturated carbocycles. The number of quaternary nitrogens is 1. The molecule has 0 spiro atoms. The van der Waals surface area contributed by atoms with Crippen molar-refractivity contribution in [2.75, 3.05) is 21.1 Å². The summed E-state index contributed by atoms with van der Waals surface area (Å²) in [6.07, 6.45) is -0.392. The van der Waals surface area contributed by atoms with Crippen molar-refractivity contribution in [1.29, 1.82) is 0 Å². The van der Waals surface area contributed by atoms with Crippen LogP contribution in [0.3, 0.4) is 0 Å². The minimum atomic E-state index is -0.392. The quantitative estimate of drug-likeness (QED) is 0.688. The molecular formula is C12H20BrNO. The van der Waals surface area contributed by atoms with Crippen LogP contribution < -0.4 is 17.0 Å². The van der Waals surface area contributed by atoms with Gasteiger partial charge in [0.15, 0.2) is 0 Å². The Morgan fingerprint density at radius 3 is 1.93 bits per heavy atom. The van der Waals surface area contributed by atoms with E-state index < -0.39 is 6.10 Å². The Balaban J connectivity index is 0.00000196. The topological polar surface area (TPSA) is 20.2 Å². The highest BCUT2D eigenvalue weighted by molar-refractivity contribution is 5.18. The SMILES string of the molecule is C[C@@H]([C@H](O)c1ccccc1)[N+](C)(C)C.[Br-]. The predicted molar refractivity (Wildman–Crippen MR) is 58.9 cm³/mol. The van der Waals surface area contributed by atoms with Crippen LogP contribution in [0.1, 0.15) is 18.6 Å². The average Bonchev–Trinajstić information content (AvgIpc) is 2.15. The summed E-state index contributed by atoms with van der Waals surface area (Å²) in [5, 5.41) is 10.1. The van der Waals surface area contributed by atoms with Gasteiger partial charge in [0.2, 0.25) is 0 Å². The Morgan fingerprint density at radius 2 is 1.53 bits per heavy atom. The number of benzene rings is 1. The van der Waals surface area contributed by atoms with Crippen molar-refractivity contribution in [2.24, 2.45) is 0 Å². The molecule has 2 nitrogen and oxygen atoms in total. The molecule has 0 heterocycles. The van der Waals surface area contributed by atoms with Gasteiger partial charge in [-0.05, 0) is 12.5 Å². The summed E-state index contributed by atoms with van der Waals surface area (Å²) in [7, 11) is 6.28. The Labute approximate surface area is 103 Å². The molecule has 1 aromatic rings. The number of hydrogen-bond donors (Lipinski definition) is 1. The largest absolute Gasteiger partial charge is 1.00 e. The lowest BCUT2D eigenvalue weighted by Gasteiger charge is -2.34. The van der Waals surface area contributed by atoms with Crippen LogP contribution in [0.2, 0.25) is 0 Å². The molecule has 0 bridgehead atoms. The zero-order valence-electron chi connectivity index (χ0n) is 9.81. The second kappa shape index (κ2) is 5.64. The summed E-state index contributed by atoms with van der Waals surface area (Å²) in [4.78, 5) is 0. The van der Waals surface area contributed by atoms with Crippen molar-refractivity contribution in [3.8, 4) is 0 Å². The zero-order valence-corrected chi connectivity index (χ0v) is 11.4. The fourth-order valence-electron chi connectivity index (χ4n) is 1.35. The van der Waals surface area contributed by atoms with E-state index in [2.05, 4.69) is 28.1 Å². The van der Waals surface area contributed by atoms with Gasteiger partial charge >= 0.3 is 0 Å². The van der Waals surface area contributed by atoms with Crippen molar-refractivity contribution < 1.29 is 26.6 Å². The maximum atomic E-state index is 10.1. The van der Waals surface area contributed by atoms with E-state index in [0.29, 0.717) is 0 Å². The molecule has 3 heteroatoms. The maximum Gasteiger partial charge on any atom is 0.130 e. The molecule has 15 heavy (non-hydrogen) atoms. The van der Waals surface area contributed by atoms with E-state index in [0.717, 1.165) is 10.0 Å². The minimum Gasteiger partial charge on any atom is -1.00 e. The van der Waals surface area contributed by atoms with Crippen LogP contribution in [-0.2, 0) is 0 Å². The standard InChI is InChI=1S/C12H20NO.BrH/c1-10(13(2,3)4)12(14)11-8-6-5-7-9-11;/h5-10,12,14H,1-4H3;1H/q+1;/p-1/t10-,12-;/m0./s1. The molecule has 1 rings (SSSR count). The van der Waals surface area contributed by atoms with E-state index >= 15 is 0 Å².